The van der Waals surface area contributed by atoms with Crippen LogP contribution in [0.25, 0.3) is 0 Å². The molecule has 1 aromatic rings. The molecule has 1 aliphatic heterocycles. The van der Waals surface area contributed by atoms with Gasteiger partial charge in [-0.1, -0.05) is 0 Å². The summed E-state index contributed by atoms with van der Waals surface area (Å²) in [5, 5.41) is 6.04. The lowest BCUT2D eigenvalue weighted by Crippen LogP contribution is -2.47. The molecule has 7 heteroatoms. The molecule has 0 bridgehead atoms. The van der Waals surface area contributed by atoms with Gasteiger partial charge in [0.1, 0.15) is 6.61 Å². The molecule has 1 amide bonds. The third-order valence-electron chi connectivity index (χ3n) is 4.20. The minimum Gasteiger partial charge on any atom is -0.488 e. The van der Waals surface area contributed by atoms with Crippen LogP contribution >= 0.6 is 0 Å². The second-order valence-electron chi connectivity index (χ2n) is 5.90. The zero-order valence-corrected chi connectivity index (χ0v) is 14.2. The minimum absolute atomic E-state index is 0.138. The molecule has 24 heavy (non-hydrogen) atoms. The molecule has 134 valence electrons. The molecule has 2 rings (SSSR count). The van der Waals surface area contributed by atoms with E-state index in [2.05, 4.69) is 10.6 Å². The van der Waals surface area contributed by atoms with Crippen LogP contribution in [0, 0.1) is 11.2 Å². The summed E-state index contributed by atoms with van der Waals surface area (Å²) in [6.07, 6.45) is 1.38. The fourth-order valence-electron chi connectivity index (χ4n) is 2.81. The Morgan fingerprint density at radius 2 is 2.00 bits per heavy atom. The lowest BCUT2D eigenvalue weighted by Gasteiger charge is -2.35. The van der Waals surface area contributed by atoms with E-state index >= 15 is 0 Å². The van der Waals surface area contributed by atoms with Crippen LogP contribution < -0.4 is 15.4 Å². The van der Waals surface area contributed by atoms with Crippen molar-refractivity contribution in [2.45, 2.75) is 12.8 Å². The van der Waals surface area contributed by atoms with Crippen molar-refractivity contribution in [2.24, 2.45) is 5.41 Å². The predicted molar refractivity (Wildman–Crippen MR) is 88.8 cm³/mol. The number of piperidine rings is 1. The first kappa shape index (κ1) is 18.6. The molecule has 6 nitrogen and oxygen atoms in total. The van der Waals surface area contributed by atoms with Gasteiger partial charge < -0.3 is 24.8 Å². The monoisotopic (exact) mass is 340 g/mol. The first-order valence-electron chi connectivity index (χ1n) is 8.04. The summed E-state index contributed by atoms with van der Waals surface area (Å²) in [4.78, 5) is 12.7. The fraction of sp³-hybridized carbons (Fsp3) is 0.588. The average molecular weight is 340 g/mol. The first-order valence-corrected chi connectivity index (χ1v) is 8.04. The van der Waals surface area contributed by atoms with E-state index in [1.54, 1.807) is 20.3 Å². The van der Waals surface area contributed by atoms with E-state index in [9.17, 15) is 9.18 Å². The van der Waals surface area contributed by atoms with Gasteiger partial charge in [0.2, 0.25) is 5.91 Å². The maximum absolute atomic E-state index is 14.1. The number of carbonyl (C=O) groups is 1. The number of halogens is 1. The van der Waals surface area contributed by atoms with Crippen LogP contribution in [0.5, 0.6) is 5.75 Å². The highest BCUT2D eigenvalue weighted by atomic mass is 19.1. The highest BCUT2D eigenvalue weighted by molar-refractivity contribution is 5.95. The Hall–Kier alpha value is -1.70. The smallest absolute Gasteiger partial charge is 0.233 e. The van der Waals surface area contributed by atoms with Crippen LogP contribution in [0.2, 0.25) is 0 Å². The van der Waals surface area contributed by atoms with E-state index in [0.717, 1.165) is 13.1 Å². The summed E-state index contributed by atoms with van der Waals surface area (Å²) in [5.41, 5.74) is -0.171. The Bertz CT molecular complexity index is 542. The number of amides is 1. The second kappa shape index (κ2) is 8.96. The summed E-state index contributed by atoms with van der Waals surface area (Å²) >= 11 is 0. The van der Waals surface area contributed by atoms with Gasteiger partial charge in [0, 0.05) is 26.0 Å². The second-order valence-corrected chi connectivity index (χ2v) is 5.90. The molecular weight excluding hydrogens is 315 g/mol. The number of ether oxygens (including phenoxy) is 3. The number of rotatable bonds is 8. The van der Waals surface area contributed by atoms with Crippen LogP contribution in [0.1, 0.15) is 12.8 Å². The third kappa shape index (κ3) is 4.66. The molecule has 1 aromatic carbocycles. The van der Waals surface area contributed by atoms with Crippen LogP contribution in [-0.2, 0) is 14.3 Å². The Morgan fingerprint density at radius 1 is 1.25 bits per heavy atom. The normalized spacial score (nSPS) is 16.6. The maximum Gasteiger partial charge on any atom is 0.233 e. The molecule has 0 unspecified atom stereocenters. The van der Waals surface area contributed by atoms with Crippen molar-refractivity contribution >= 4 is 11.6 Å². The molecule has 0 atom stereocenters. The predicted octanol–water partition coefficient (Wildman–Crippen LogP) is 1.81. The molecule has 0 saturated carbocycles. The molecule has 2 N–H and O–H groups in total. The number of nitrogens with one attached hydrogen (secondary N) is 2. The zero-order valence-electron chi connectivity index (χ0n) is 14.2. The highest BCUT2D eigenvalue weighted by Gasteiger charge is 2.39. The van der Waals surface area contributed by atoms with Gasteiger partial charge >= 0.3 is 0 Å². The largest absolute Gasteiger partial charge is 0.488 e. The van der Waals surface area contributed by atoms with Crippen molar-refractivity contribution in [3.05, 3.63) is 24.0 Å². The summed E-state index contributed by atoms with van der Waals surface area (Å²) in [5.74, 6) is -0.521. The molecule has 1 heterocycles. The van der Waals surface area contributed by atoms with E-state index in [1.807, 2.05) is 0 Å². The molecule has 0 radical (unpaired) electrons. The minimum atomic E-state index is -0.579. The van der Waals surface area contributed by atoms with Gasteiger partial charge in [0.25, 0.3) is 0 Å². The summed E-state index contributed by atoms with van der Waals surface area (Å²) in [6.45, 7) is 2.52. The number of hydrogen-bond acceptors (Lipinski definition) is 5. The van der Waals surface area contributed by atoms with Crippen LogP contribution in [0.15, 0.2) is 18.2 Å². The number of anilines is 1. The number of hydrogen-bond donors (Lipinski definition) is 2. The van der Waals surface area contributed by atoms with Crippen molar-refractivity contribution in [3.8, 4) is 5.75 Å². The Morgan fingerprint density at radius 3 is 2.62 bits per heavy atom. The van der Waals surface area contributed by atoms with Gasteiger partial charge in [-0.25, -0.2) is 4.39 Å². The van der Waals surface area contributed by atoms with Crippen molar-refractivity contribution in [1.29, 1.82) is 0 Å². The van der Waals surface area contributed by atoms with Crippen molar-refractivity contribution < 1.29 is 23.4 Å². The molecule has 0 aliphatic carbocycles. The topological polar surface area (TPSA) is 68.8 Å². The van der Waals surface area contributed by atoms with Crippen molar-refractivity contribution in [3.63, 3.8) is 0 Å². The van der Waals surface area contributed by atoms with E-state index in [-0.39, 0.29) is 18.3 Å². The lowest BCUT2D eigenvalue weighted by molar-refractivity contribution is -0.130. The highest BCUT2D eigenvalue weighted by Crippen LogP contribution is 2.31. The standard InChI is InChI=1S/C17H25FN2O4/c1-22-9-10-24-15-4-3-13(11-14(15)18)20-16(21)17(12-23-2)5-7-19-8-6-17/h3-4,11,19H,5-10,12H2,1-2H3,(H,20,21). The van der Waals surface area contributed by atoms with Crippen LogP contribution in [0.3, 0.4) is 0 Å². The molecule has 1 fully saturated rings. The number of methoxy groups -OCH3 is 2. The maximum atomic E-state index is 14.1. The zero-order chi connectivity index (χ0) is 17.4. The molecular formula is C17H25FN2O4. The first-order chi connectivity index (χ1) is 11.6. The Labute approximate surface area is 141 Å². The molecule has 0 spiro atoms. The average Bonchev–Trinajstić information content (AvgIpc) is 2.58. The van der Waals surface area contributed by atoms with Gasteiger partial charge in [-0.3, -0.25) is 4.79 Å². The number of benzene rings is 1. The van der Waals surface area contributed by atoms with Gasteiger partial charge in [-0.15, -0.1) is 0 Å². The van der Waals surface area contributed by atoms with Gasteiger partial charge in [0.05, 0.1) is 18.6 Å². The quantitative estimate of drug-likeness (QED) is 0.707. The summed E-state index contributed by atoms with van der Waals surface area (Å²) in [7, 11) is 3.14. The molecule has 1 aliphatic rings. The van der Waals surface area contributed by atoms with Crippen LogP contribution in [0.4, 0.5) is 10.1 Å². The summed E-state index contributed by atoms with van der Waals surface area (Å²) in [6, 6.07) is 4.40. The SMILES string of the molecule is COCCOc1ccc(NC(=O)C2(COC)CCNCC2)cc1F. The van der Waals surface area contributed by atoms with Gasteiger partial charge in [-0.2, -0.15) is 0 Å². The van der Waals surface area contributed by atoms with Crippen molar-refractivity contribution in [2.75, 3.05) is 52.4 Å². The molecule has 0 aromatic heterocycles. The van der Waals surface area contributed by atoms with Crippen molar-refractivity contribution in [1.82, 2.24) is 5.32 Å². The van der Waals surface area contributed by atoms with Gasteiger partial charge in [0.15, 0.2) is 11.6 Å². The van der Waals surface area contributed by atoms with Crippen LogP contribution in [-0.4, -0.2) is 53.0 Å². The van der Waals surface area contributed by atoms with Gasteiger partial charge in [-0.05, 0) is 38.1 Å². The van der Waals surface area contributed by atoms with E-state index < -0.39 is 11.2 Å². The summed E-state index contributed by atoms with van der Waals surface area (Å²) < 4.78 is 29.4. The number of carbonyl (C=O) groups excluding carboxylic acids is 1. The Kier molecular flexibility index (Phi) is 6.96. The van der Waals surface area contributed by atoms with E-state index in [0.29, 0.717) is 31.7 Å². The lowest BCUT2D eigenvalue weighted by atomic mass is 9.78. The van der Waals surface area contributed by atoms with E-state index in [1.165, 1.54) is 12.1 Å². The molecule has 1 saturated heterocycles. The third-order valence-corrected chi connectivity index (χ3v) is 4.20. The fourth-order valence-corrected chi connectivity index (χ4v) is 2.81. The Balaban J connectivity index is 2.03. The van der Waals surface area contributed by atoms with E-state index in [4.69, 9.17) is 14.2 Å².